The molecule has 29 heavy (non-hydrogen) atoms. The summed E-state index contributed by atoms with van der Waals surface area (Å²) in [4.78, 5) is 39.9. The number of piperazine rings is 1. The van der Waals surface area contributed by atoms with E-state index in [2.05, 4.69) is 10.2 Å². The van der Waals surface area contributed by atoms with Crippen LogP contribution in [0.4, 0.5) is 16.4 Å². The quantitative estimate of drug-likeness (QED) is 0.598. The van der Waals surface area contributed by atoms with Crippen LogP contribution in [-0.4, -0.2) is 47.8 Å². The molecule has 2 fully saturated rings. The summed E-state index contributed by atoms with van der Waals surface area (Å²) < 4.78 is 0. The SMILES string of the molecule is Cc1cc(NC(=O)C2CC2)sc1C(=O)N1CCN(c2ccc([N+](=O)[O-])cc2)CC1. The molecule has 4 rings (SSSR count). The zero-order valence-electron chi connectivity index (χ0n) is 16.1. The molecule has 2 amide bonds. The van der Waals surface area contributed by atoms with Crippen molar-refractivity contribution in [3.63, 3.8) is 0 Å². The van der Waals surface area contributed by atoms with Gasteiger partial charge in [0.1, 0.15) is 0 Å². The number of benzene rings is 1. The first-order valence-corrected chi connectivity index (χ1v) is 10.4. The third-order valence-electron chi connectivity index (χ3n) is 5.30. The summed E-state index contributed by atoms with van der Waals surface area (Å²) in [6, 6.07) is 8.35. The molecule has 1 aliphatic carbocycles. The molecule has 1 saturated heterocycles. The third-order valence-corrected chi connectivity index (χ3v) is 6.44. The van der Waals surface area contributed by atoms with Gasteiger partial charge in [0.05, 0.1) is 14.8 Å². The fraction of sp³-hybridized carbons (Fsp3) is 0.400. The number of hydrogen-bond donors (Lipinski definition) is 1. The highest BCUT2D eigenvalue weighted by Gasteiger charge is 2.30. The number of aryl methyl sites for hydroxylation is 1. The first kappa shape index (κ1) is 19.4. The van der Waals surface area contributed by atoms with Crippen LogP contribution >= 0.6 is 11.3 Å². The number of carbonyl (C=O) groups excluding carboxylic acids is 2. The van der Waals surface area contributed by atoms with Crippen molar-refractivity contribution in [1.29, 1.82) is 0 Å². The van der Waals surface area contributed by atoms with Gasteiger partial charge in [0.15, 0.2) is 0 Å². The Morgan fingerprint density at radius 3 is 2.38 bits per heavy atom. The predicted octanol–water partition coefficient (Wildman–Crippen LogP) is 3.28. The normalized spacial score (nSPS) is 16.6. The lowest BCUT2D eigenvalue weighted by atomic mass is 10.2. The minimum Gasteiger partial charge on any atom is -0.368 e. The number of non-ortho nitro benzene ring substituents is 1. The van der Waals surface area contributed by atoms with E-state index in [9.17, 15) is 19.7 Å². The lowest BCUT2D eigenvalue weighted by molar-refractivity contribution is -0.384. The van der Waals surface area contributed by atoms with E-state index in [1.54, 1.807) is 12.1 Å². The summed E-state index contributed by atoms with van der Waals surface area (Å²) in [5.41, 5.74) is 1.87. The van der Waals surface area contributed by atoms with E-state index in [0.29, 0.717) is 31.1 Å². The number of nitrogens with one attached hydrogen (secondary N) is 1. The van der Waals surface area contributed by atoms with Crippen molar-refractivity contribution in [2.45, 2.75) is 19.8 Å². The highest BCUT2D eigenvalue weighted by Crippen LogP contribution is 2.33. The van der Waals surface area contributed by atoms with Crippen molar-refractivity contribution in [2.75, 3.05) is 36.4 Å². The Balaban J connectivity index is 1.37. The molecule has 0 bridgehead atoms. The van der Waals surface area contributed by atoms with Crippen LogP contribution in [0.25, 0.3) is 0 Å². The number of nitro groups is 1. The van der Waals surface area contributed by atoms with E-state index in [4.69, 9.17) is 0 Å². The molecule has 1 aromatic heterocycles. The topological polar surface area (TPSA) is 95.8 Å². The summed E-state index contributed by atoms with van der Waals surface area (Å²) in [6.45, 7) is 4.38. The van der Waals surface area contributed by atoms with Crippen molar-refractivity contribution in [3.8, 4) is 0 Å². The van der Waals surface area contributed by atoms with Crippen molar-refractivity contribution in [3.05, 3.63) is 50.9 Å². The van der Waals surface area contributed by atoms with Crippen molar-refractivity contribution in [1.82, 2.24) is 4.90 Å². The standard InChI is InChI=1S/C20H22N4O4S/c1-13-12-17(21-19(25)14-2-3-14)29-18(13)20(26)23-10-8-22(9-11-23)15-4-6-16(7-5-15)24(27)28/h4-7,12,14H,2-3,8-11H2,1H3,(H,21,25). The van der Waals surface area contributed by atoms with E-state index in [0.717, 1.165) is 29.1 Å². The molecule has 0 unspecified atom stereocenters. The number of rotatable bonds is 5. The van der Waals surface area contributed by atoms with Crippen LogP contribution in [0.2, 0.25) is 0 Å². The van der Waals surface area contributed by atoms with Gasteiger partial charge in [-0.1, -0.05) is 0 Å². The van der Waals surface area contributed by atoms with Crippen molar-refractivity contribution in [2.24, 2.45) is 5.92 Å². The van der Waals surface area contributed by atoms with Gasteiger partial charge in [0.25, 0.3) is 11.6 Å². The Hall–Kier alpha value is -2.94. The molecule has 1 saturated carbocycles. The second-order valence-electron chi connectivity index (χ2n) is 7.44. The van der Waals surface area contributed by atoms with Crippen molar-refractivity contribution < 1.29 is 14.5 Å². The van der Waals surface area contributed by atoms with E-state index in [-0.39, 0.29) is 23.4 Å². The van der Waals surface area contributed by atoms with Gasteiger partial charge in [-0.05, 0) is 43.5 Å². The van der Waals surface area contributed by atoms with Crippen LogP contribution in [0.1, 0.15) is 28.1 Å². The summed E-state index contributed by atoms with van der Waals surface area (Å²) in [7, 11) is 0. The average molecular weight is 414 g/mol. The summed E-state index contributed by atoms with van der Waals surface area (Å²) >= 11 is 1.34. The molecule has 1 aromatic carbocycles. The van der Waals surface area contributed by atoms with Gasteiger partial charge < -0.3 is 15.1 Å². The minimum absolute atomic E-state index is 0.0113. The average Bonchev–Trinajstić information content (AvgIpc) is 3.51. The Kier molecular flexibility index (Phi) is 5.23. The minimum atomic E-state index is -0.412. The number of anilines is 2. The third kappa shape index (κ3) is 4.24. The summed E-state index contributed by atoms with van der Waals surface area (Å²) in [5, 5.41) is 14.4. The zero-order valence-corrected chi connectivity index (χ0v) is 16.9. The monoisotopic (exact) mass is 414 g/mol. The smallest absolute Gasteiger partial charge is 0.269 e. The predicted molar refractivity (Wildman–Crippen MR) is 112 cm³/mol. The van der Waals surface area contributed by atoms with Crippen LogP contribution < -0.4 is 10.2 Å². The van der Waals surface area contributed by atoms with Gasteiger partial charge in [-0.3, -0.25) is 19.7 Å². The van der Waals surface area contributed by atoms with E-state index in [1.165, 1.54) is 23.5 Å². The van der Waals surface area contributed by atoms with Crippen LogP contribution in [0.3, 0.4) is 0 Å². The molecular formula is C20H22N4O4S. The molecule has 0 atom stereocenters. The first-order valence-electron chi connectivity index (χ1n) is 9.62. The fourth-order valence-corrected chi connectivity index (χ4v) is 4.47. The van der Waals surface area contributed by atoms with Crippen LogP contribution in [0.15, 0.2) is 30.3 Å². The van der Waals surface area contributed by atoms with E-state index in [1.807, 2.05) is 17.9 Å². The highest BCUT2D eigenvalue weighted by atomic mass is 32.1. The number of nitrogens with zero attached hydrogens (tertiary/aromatic N) is 3. The second-order valence-corrected chi connectivity index (χ2v) is 8.49. The molecule has 9 heteroatoms. The number of amides is 2. The molecule has 0 radical (unpaired) electrons. The molecule has 8 nitrogen and oxygen atoms in total. The molecule has 1 aliphatic heterocycles. The first-order chi connectivity index (χ1) is 13.9. The van der Waals surface area contributed by atoms with Crippen LogP contribution in [0, 0.1) is 23.0 Å². The van der Waals surface area contributed by atoms with Crippen molar-refractivity contribution >= 4 is 39.5 Å². The Bertz CT molecular complexity index is 944. The lowest BCUT2D eigenvalue weighted by Gasteiger charge is -2.36. The number of nitro benzene ring substituents is 1. The van der Waals surface area contributed by atoms with Gasteiger partial charge in [0.2, 0.25) is 5.91 Å². The maximum absolute atomic E-state index is 13.0. The molecule has 1 N–H and O–H groups in total. The van der Waals surface area contributed by atoms with Gasteiger partial charge >= 0.3 is 0 Å². The highest BCUT2D eigenvalue weighted by molar-refractivity contribution is 7.18. The van der Waals surface area contributed by atoms with Gasteiger partial charge in [-0.25, -0.2) is 0 Å². The largest absolute Gasteiger partial charge is 0.368 e. The lowest BCUT2D eigenvalue weighted by Crippen LogP contribution is -2.48. The zero-order chi connectivity index (χ0) is 20.5. The van der Waals surface area contributed by atoms with Crippen LogP contribution in [-0.2, 0) is 4.79 Å². The Labute approximate surface area is 172 Å². The van der Waals surface area contributed by atoms with Gasteiger partial charge in [-0.2, -0.15) is 0 Å². The molecule has 2 aliphatic rings. The molecule has 2 aromatic rings. The number of hydrogen-bond acceptors (Lipinski definition) is 6. The van der Waals surface area contributed by atoms with Gasteiger partial charge in [0, 0.05) is 49.9 Å². The summed E-state index contributed by atoms with van der Waals surface area (Å²) in [6.07, 6.45) is 1.89. The molecule has 152 valence electrons. The number of thiophene rings is 1. The van der Waals surface area contributed by atoms with E-state index >= 15 is 0 Å². The fourth-order valence-electron chi connectivity index (χ4n) is 3.42. The Morgan fingerprint density at radius 1 is 1.14 bits per heavy atom. The maximum atomic E-state index is 13.0. The maximum Gasteiger partial charge on any atom is 0.269 e. The molecule has 0 spiro atoms. The number of carbonyl (C=O) groups is 2. The second kappa shape index (κ2) is 7.82. The van der Waals surface area contributed by atoms with Crippen LogP contribution in [0.5, 0.6) is 0 Å². The summed E-state index contributed by atoms with van der Waals surface area (Å²) in [5.74, 6) is 0.161. The van der Waals surface area contributed by atoms with E-state index < -0.39 is 4.92 Å². The molecular weight excluding hydrogens is 392 g/mol. The Morgan fingerprint density at radius 2 is 1.79 bits per heavy atom. The molecule has 2 heterocycles. The van der Waals surface area contributed by atoms with Gasteiger partial charge in [-0.15, -0.1) is 11.3 Å².